The van der Waals surface area contributed by atoms with Gasteiger partial charge in [-0.05, 0) is 47.4 Å². The van der Waals surface area contributed by atoms with Crippen molar-refractivity contribution in [3.63, 3.8) is 0 Å². The Labute approximate surface area is 110 Å². The largest absolute Gasteiger partial charge is 0.337 e. The molecule has 1 N–H and O–H groups in total. The Morgan fingerprint density at radius 2 is 2.41 bits per heavy atom. The molecular weight excluding hydrogens is 282 g/mol. The number of halogens is 1. The quantitative estimate of drug-likeness (QED) is 0.901. The van der Waals surface area contributed by atoms with Gasteiger partial charge in [-0.1, -0.05) is 0 Å². The number of carbonyl (C=O) groups is 1. The summed E-state index contributed by atoms with van der Waals surface area (Å²) in [7, 11) is 0. The fourth-order valence-electron chi connectivity index (χ4n) is 1.98. The van der Waals surface area contributed by atoms with E-state index in [1.54, 1.807) is 12.4 Å². The summed E-state index contributed by atoms with van der Waals surface area (Å²) in [6.07, 6.45) is 4.55. The Bertz CT molecular complexity index is 410. The van der Waals surface area contributed by atoms with E-state index in [2.05, 4.69) is 26.2 Å². The molecule has 1 fully saturated rings. The third-order valence-electron chi connectivity index (χ3n) is 2.87. The zero-order valence-corrected chi connectivity index (χ0v) is 11.4. The van der Waals surface area contributed by atoms with Crippen LogP contribution in [0.3, 0.4) is 0 Å². The van der Waals surface area contributed by atoms with Gasteiger partial charge in [0, 0.05) is 30.0 Å². The normalized spacial score (nSPS) is 21.4. The van der Waals surface area contributed by atoms with Crippen molar-refractivity contribution >= 4 is 21.8 Å². The minimum absolute atomic E-state index is 0.0855. The van der Waals surface area contributed by atoms with E-state index in [1.807, 2.05) is 17.9 Å². The Hall–Kier alpha value is -0.940. The van der Waals surface area contributed by atoms with Crippen LogP contribution in [-0.2, 0) is 11.3 Å². The first-order valence-corrected chi connectivity index (χ1v) is 6.58. The smallest absolute Gasteiger partial charge is 0.239 e. The molecule has 0 saturated carbocycles. The number of rotatable bonds is 2. The maximum absolute atomic E-state index is 12.1. The van der Waals surface area contributed by atoms with Crippen molar-refractivity contribution in [2.24, 2.45) is 0 Å². The van der Waals surface area contributed by atoms with E-state index in [1.165, 1.54) is 0 Å². The highest BCUT2D eigenvalue weighted by Gasteiger charge is 2.22. The molecule has 92 valence electrons. The lowest BCUT2D eigenvalue weighted by molar-refractivity contribution is -0.132. The summed E-state index contributed by atoms with van der Waals surface area (Å²) >= 11 is 3.39. The molecule has 1 unspecified atom stereocenters. The molecule has 0 bridgehead atoms. The van der Waals surface area contributed by atoms with Crippen LogP contribution in [0.15, 0.2) is 22.9 Å². The van der Waals surface area contributed by atoms with Crippen LogP contribution in [-0.4, -0.2) is 34.9 Å². The first-order chi connectivity index (χ1) is 8.16. The summed E-state index contributed by atoms with van der Waals surface area (Å²) in [5, 5.41) is 3.21. The van der Waals surface area contributed by atoms with Crippen molar-refractivity contribution in [3.8, 4) is 0 Å². The molecule has 1 aromatic heterocycles. The lowest BCUT2D eigenvalue weighted by atomic mass is 10.2. The number of amides is 1. The molecule has 0 aromatic carbocycles. The molecule has 1 saturated heterocycles. The molecule has 0 aliphatic carbocycles. The molecule has 0 radical (unpaired) electrons. The van der Waals surface area contributed by atoms with Gasteiger partial charge in [-0.2, -0.15) is 0 Å². The number of hydrogen-bond acceptors (Lipinski definition) is 3. The van der Waals surface area contributed by atoms with Crippen LogP contribution < -0.4 is 5.32 Å². The van der Waals surface area contributed by atoms with Crippen molar-refractivity contribution in [2.75, 3.05) is 13.1 Å². The fraction of sp³-hybridized carbons (Fsp3) is 0.500. The van der Waals surface area contributed by atoms with Gasteiger partial charge >= 0.3 is 0 Å². The van der Waals surface area contributed by atoms with E-state index < -0.39 is 0 Å². The van der Waals surface area contributed by atoms with E-state index in [4.69, 9.17) is 0 Å². The minimum atomic E-state index is -0.0855. The highest BCUT2D eigenvalue weighted by atomic mass is 79.9. The van der Waals surface area contributed by atoms with Crippen LogP contribution in [0, 0.1) is 0 Å². The van der Waals surface area contributed by atoms with Crippen LogP contribution in [0.4, 0.5) is 0 Å². The van der Waals surface area contributed by atoms with Gasteiger partial charge in [-0.3, -0.25) is 9.78 Å². The number of pyridine rings is 1. The first-order valence-electron chi connectivity index (χ1n) is 5.78. The van der Waals surface area contributed by atoms with Crippen LogP contribution in [0.1, 0.15) is 18.9 Å². The summed E-state index contributed by atoms with van der Waals surface area (Å²) in [6.45, 7) is 4.26. The molecule has 1 aliphatic rings. The zero-order chi connectivity index (χ0) is 12.3. The lowest BCUT2D eigenvalue weighted by Crippen LogP contribution is -2.41. The maximum atomic E-state index is 12.1. The van der Waals surface area contributed by atoms with Gasteiger partial charge in [0.2, 0.25) is 5.91 Å². The highest BCUT2D eigenvalue weighted by Crippen LogP contribution is 2.13. The third kappa shape index (κ3) is 3.26. The van der Waals surface area contributed by atoms with E-state index >= 15 is 0 Å². The minimum Gasteiger partial charge on any atom is -0.337 e. The summed E-state index contributed by atoms with van der Waals surface area (Å²) in [5.41, 5.74) is 1.06. The Morgan fingerprint density at radius 1 is 1.59 bits per heavy atom. The maximum Gasteiger partial charge on any atom is 0.239 e. The number of hydrogen-bond donors (Lipinski definition) is 1. The number of aromatic nitrogens is 1. The van der Waals surface area contributed by atoms with Crippen LogP contribution in [0.25, 0.3) is 0 Å². The van der Waals surface area contributed by atoms with Gasteiger partial charge in [-0.15, -0.1) is 0 Å². The van der Waals surface area contributed by atoms with Gasteiger partial charge in [0.15, 0.2) is 0 Å². The molecule has 2 rings (SSSR count). The van der Waals surface area contributed by atoms with Gasteiger partial charge < -0.3 is 10.2 Å². The second-order valence-corrected chi connectivity index (χ2v) is 5.22. The van der Waals surface area contributed by atoms with Crippen molar-refractivity contribution in [2.45, 2.75) is 25.9 Å². The number of carbonyl (C=O) groups excluding carboxylic acids is 1. The summed E-state index contributed by atoms with van der Waals surface area (Å²) < 4.78 is 0.948. The Morgan fingerprint density at radius 3 is 3.18 bits per heavy atom. The van der Waals surface area contributed by atoms with Gasteiger partial charge in [0.25, 0.3) is 0 Å². The number of nitrogens with one attached hydrogen (secondary N) is 1. The van der Waals surface area contributed by atoms with Crippen LogP contribution in [0.2, 0.25) is 0 Å². The van der Waals surface area contributed by atoms with Crippen molar-refractivity contribution in [1.29, 1.82) is 0 Å². The molecule has 17 heavy (non-hydrogen) atoms. The lowest BCUT2D eigenvalue weighted by Gasteiger charge is -2.22. The van der Waals surface area contributed by atoms with E-state index in [0.29, 0.717) is 6.54 Å². The van der Waals surface area contributed by atoms with Crippen LogP contribution >= 0.6 is 15.9 Å². The summed E-state index contributed by atoms with van der Waals surface area (Å²) in [5.74, 6) is 0.169. The molecule has 2 heterocycles. The van der Waals surface area contributed by atoms with E-state index in [0.717, 1.165) is 29.5 Å². The molecule has 1 aliphatic heterocycles. The Balaban J connectivity index is 2.08. The average Bonchev–Trinajstić information content (AvgIpc) is 2.45. The van der Waals surface area contributed by atoms with Gasteiger partial charge in [0.05, 0.1) is 6.04 Å². The summed E-state index contributed by atoms with van der Waals surface area (Å²) in [6, 6.07) is 1.92. The van der Waals surface area contributed by atoms with E-state index in [9.17, 15) is 4.79 Å². The molecule has 0 spiro atoms. The Kier molecular flexibility index (Phi) is 4.12. The fourth-order valence-corrected chi connectivity index (χ4v) is 2.39. The van der Waals surface area contributed by atoms with Gasteiger partial charge in [-0.25, -0.2) is 0 Å². The van der Waals surface area contributed by atoms with Crippen LogP contribution in [0.5, 0.6) is 0 Å². The third-order valence-corrected chi connectivity index (χ3v) is 3.31. The average molecular weight is 298 g/mol. The predicted octanol–water partition coefficient (Wildman–Crippen LogP) is 1.55. The second kappa shape index (κ2) is 5.60. The standard InChI is InChI=1S/C12H16BrN3O/c1-9-12(17)16(4-2-3-15-9)8-10-5-11(13)7-14-6-10/h5-7,9,15H,2-4,8H2,1H3. The molecule has 4 nitrogen and oxygen atoms in total. The molecular formula is C12H16BrN3O. The van der Waals surface area contributed by atoms with E-state index in [-0.39, 0.29) is 11.9 Å². The molecule has 1 amide bonds. The van der Waals surface area contributed by atoms with Gasteiger partial charge in [0.1, 0.15) is 0 Å². The predicted molar refractivity (Wildman–Crippen MR) is 69.4 cm³/mol. The first kappa shape index (κ1) is 12.5. The number of nitrogens with zero attached hydrogens (tertiary/aromatic N) is 2. The summed E-state index contributed by atoms with van der Waals surface area (Å²) in [4.78, 5) is 18.1. The molecule has 1 atom stereocenters. The SMILES string of the molecule is CC1NCCCN(Cc2cncc(Br)c2)C1=O. The second-order valence-electron chi connectivity index (χ2n) is 4.30. The van der Waals surface area contributed by atoms with Crippen molar-refractivity contribution in [1.82, 2.24) is 15.2 Å². The topological polar surface area (TPSA) is 45.2 Å². The van der Waals surface area contributed by atoms with Crippen molar-refractivity contribution < 1.29 is 4.79 Å². The zero-order valence-electron chi connectivity index (χ0n) is 9.82. The van der Waals surface area contributed by atoms with Crippen molar-refractivity contribution in [3.05, 3.63) is 28.5 Å². The molecule has 5 heteroatoms. The highest BCUT2D eigenvalue weighted by molar-refractivity contribution is 9.10. The monoisotopic (exact) mass is 297 g/mol. The molecule has 1 aromatic rings.